The molecule has 0 amide bonds. The van der Waals surface area contributed by atoms with E-state index in [4.69, 9.17) is 11.6 Å². The van der Waals surface area contributed by atoms with Crippen LogP contribution < -0.4 is 5.56 Å². The van der Waals surface area contributed by atoms with Gasteiger partial charge in [-0.05, 0) is 29.8 Å². The molecule has 0 bridgehead atoms. The number of aromatic nitrogens is 4. The summed E-state index contributed by atoms with van der Waals surface area (Å²) >= 11 is 7.65. The molecule has 0 unspecified atom stereocenters. The molecular weight excluding hydrogens is 356 g/mol. The van der Waals surface area contributed by atoms with E-state index in [-0.39, 0.29) is 10.6 Å². The van der Waals surface area contributed by atoms with Gasteiger partial charge in [-0.25, -0.2) is 9.38 Å². The van der Waals surface area contributed by atoms with Crippen LogP contribution >= 0.6 is 22.9 Å². The molecule has 25 heavy (non-hydrogen) atoms. The molecule has 122 valence electrons. The predicted molar refractivity (Wildman–Crippen MR) is 101 cm³/mol. The highest BCUT2D eigenvalue weighted by Gasteiger charge is 2.15. The number of hydrogen-bond acceptors (Lipinski definition) is 5. The van der Waals surface area contributed by atoms with Crippen molar-refractivity contribution in [2.75, 3.05) is 0 Å². The fourth-order valence-electron chi connectivity index (χ4n) is 2.40. The maximum Gasteiger partial charge on any atom is 0.278 e. The Kier molecular flexibility index (Phi) is 4.13. The topological polar surface area (TPSA) is 60.2 Å². The third kappa shape index (κ3) is 2.97. The number of pyridine rings is 2. The number of halogens is 1. The largest absolute Gasteiger partial charge is 0.278 e. The zero-order valence-corrected chi connectivity index (χ0v) is 14.4. The highest BCUT2D eigenvalue weighted by molar-refractivity contribution is 7.15. The van der Waals surface area contributed by atoms with Gasteiger partial charge in [0.05, 0.1) is 17.1 Å². The van der Waals surface area contributed by atoms with Crippen molar-refractivity contribution < 1.29 is 0 Å². The number of nitrogens with zero attached hydrogens (tertiary/aromatic N) is 4. The zero-order valence-electron chi connectivity index (χ0n) is 12.8. The molecule has 4 aromatic rings. The molecule has 0 radical (unpaired) electrons. The Labute approximate surface area is 151 Å². The summed E-state index contributed by atoms with van der Waals surface area (Å²) < 4.78 is 1.50. The first-order chi connectivity index (χ1) is 12.2. The molecule has 0 saturated carbocycles. The average molecular weight is 367 g/mol. The summed E-state index contributed by atoms with van der Waals surface area (Å²) in [5, 5.41) is 1.94. The lowest BCUT2D eigenvalue weighted by Gasteiger charge is -2.03. The Morgan fingerprint density at radius 1 is 1.12 bits per heavy atom. The summed E-state index contributed by atoms with van der Waals surface area (Å²) in [5.74, 6) is 0. The molecule has 0 atom stereocenters. The number of hydrogen-bond donors (Lipinski definition) is 0. The summed E-state index contributed by atoms with van der Waals surface area (Å²) in [6.45, 7) is 0. The molecule has 0 aromatic carbocycles. The van der Waals surface area contributed by atoms with Crippen LogP contribution in [0.4, 0.5) is 0 Å². The van der Waals surface area contributed by atoms with Gasteiger partial charge in [-0.3, -0.25) is 14.8 Å². The first kappa shape index (κ1) is 15.7. The van der Waals surface area contributed by atoms with Crippen molar-refractivity contribution in [1.29, 1.82) is 0 Å². The van der Waals surface area contributed by atoms with E-state index in [0.717, 1.165) is 5.56 Å². The van der Waals surface area contributed by atoms with Crippen molar-refractivity contribution in [2.24, 2.45) is 0 Å². The second-order valence-electron chi connectivity index (χ2n) is 5.19. The minimum Gasteiger partial charge on any atom is -0.267 e. The Hall–Kier alpha value is -2.83. The summed E-state index contributed by atoms with van der Waals surface area (Å²) in [5.41, 5.74) is 2.42. The molecule has 0 fully saturated rings. The van der Waals surface area contributed by atoms with Crippen molar-refractivity contribution in [1.82, 2.24) is 19.4 Å². The van der Waals surface area contributed by atoms with E-state index in [1.54, 1.807) is 24.7 Å². The lowest BCUT2D eigenvalue weighted by molar-refractivity contribution is 1.07. The molecule has 5 nitrogen and oxygen atoms in total. The van der Waals surface area contributed by atoms with Crippen molar-refractivity contribution in [3.8, 4) is 11.4 Å². The second kappa shape index (κ2) is 6.58. The van der Waals surface area contributed by atoms with E-state index in [2.05, 4.69) is 15.0 Å². The fourth-order valence-corrected chi connectivity index (χ4v) is 3.47. The summed E-state index contributed by atoms with van der Waals surface area (Å²) in [7, 11) is 0. The number of rotatable bonds is 3. The highest BCUT2D eigenvalue weighted by atomic mass is 35.5. The number of thiazole rings is 1. The summed E-state index contributed by atoms with van der Waals surface area (Å²) in [6.07, 6.45) is 8.65. The average Bonchev–Trinajstić information content (AvgIpc) is 3.09. The lowest BCUT2D eigenvalue weighted by Crippen LogP contribution is -2.16. The van der Waals surface area contributed by atoms with Crippen molar-refractivity contribution >= 4 is 40.1 Å². The zero-order chi connectivity index (χ0) is 17.2. The van der Waals surface area contributed by atoms with Gasteiger partial charge < -0.3 is 0 Å². The Morgan fingerprint density at radius 2 is 2.04 bits per heavy atom. The van der Waals surface area contributed by atoms with Crippen LogP contribution in [0.5, 0.6) is 0 Å². The third-order valence-corrected chi connectivity index (χ3v) is 4.77. The molecule has 0 N–H and O–H groups in total. The van der Waals surface area contributed by atoms with Crippen LogP contribution in [0.25, 0.3) is 28.5 Å². The molecule has 0 aliphatic carbocycles. The fraction of sp³-hybridized carbons (Fsp3) is 0. The van der Waals surface area contributed by atoms with Crippen molar-refractivity contribution in [3.05, 3.63) is 80.9 Å². The molecule has 0 aliphatic rings. The van der Waals surface area contributed by atoms with Gasteiger partial charge >= 0.3 is 0 Å². The monoisotopic (exact) mass is 366 g/mol. The third-order valence-electron chi connectivity index (χ3n) is 3.59. The molecule has 4 heterocycles. The van der Waals surface area contributed by atoms with Crippen molar-refractivity contribution in [2.45, 2.75) is 0 Å². The van der Waals surface area contributed by atoms with Gasteiger partial charge in [0.1, 0.15) is 5.02 Å². The van der Waals surface area contributed by atoms with E-state index in [9.17, 15) is 4.79 Å². The van der Waals surface area contributed by atoms with E-state index < -0.39 is 0 Å². The van der Waals surface area contributed by atoms with Crippen LogP contribution in [0, 0.1) is 0 Å². The van der Waals surface area contributed by atoms with Gasteiger partial charge in [-0.1, -0.05) is 29.8 Å². The van der Waals surface area contributed by atoms with Crippen LogP contribution in [-0.2, 0) is 0 Å². The van der Waals surface area contributed by atoms with Gasteiger partial charge in [0.25, 0.3) is 5.56 Å². The maximum absolute atomic E-state index is 12.7. The smallest absolute Gasteiger partial charge is 0.267 e. The summed E-state index contributed by atoms with van der Waals surface area (Å²) in [4.78, 5) is 26.2. The lowest BCUT2D eigenvalue weighted by atomic mass is 10.2. The first-order valence-electron chi connectivity index (χ1n) is 7.43. The first-order valence-corrected chi connectivity index (χ1v) is 8.69. The second-order valence-corrected chi connectivity index (χ2v) is 6.40. The van der Waals surface area contributed by atoms with Gasteiger partial charge in [0.15, 0.2) is 4.96 Å². The molecule has 0 spiro atoms. The quantitative estimate of drug-likeness (QED) is 0.549. The molecule has 4 rings (SSSR count). The normalized spacial score (nSPS) is 11.4. The van der Waals surface area contributed by atoms with E-state index >= 15 is 0 Å². The van der Waals surface area contributed by atoms with Crippen LogP contribution in [0.2, 0.25) is 5.02 Å². The highest BCUT2D eigenvalue weighted by Crippen LogP contribution is 2.24. The maximum atomic E-state index is 12.7. The Bertz CT molecular complexity index is 1120. The molecule has 0 aliphatic heterocycles. The molecule has 7 heteroatoms. The minimum absolute atomic E-state index is 0.0771. The van der Waals surface area contributed by atoms with Gasteiger partial charge in [0.2, 0.25) is 0 Å². The van der Waals surface area contributed by atoms with Gasteiger partial charge in [-0.15, -0.1) is 11.3 Å². The Balaban J connectivity index is 1.84. The van der Waals surface area contributed by atoms with Crippen molar-refractivity contribution in [3.63, 3.8) is 0 Å². The molecule has 0 saturated heterocycles. The number of fused-ring (bicyclic) bond motifs is 1. The minimum atomic E-state index is -0.306. The van der Waals surface area contributed by atoms with Crippen LogP contribution in [-0.4, -0.2) is 19.4 Å². The Morgan fingerprint density at radius 3 is 2.80 bits per heavy atom. The summed E-state index contributed by atoms with van der Waals surface area (Å²) in [6, 6.07) is 9.29. The van der Waals surface area contributed by atoms with Gasteiger partial charge in [0, 0.05) is 24.0 Å². The van der Waals surface area contributed by atoms with Gasteiger partial charge in [-0.2, -0.15) is 0 Å². The predicted octanol–water partition coefficient (Wildman–Crippen LogP) is 4.04. The van der Waals surface area contributed by atoms with Crippen LogP contribution in [0.15, 0.2) is 59.1 Å². The standard InChI is InChI=1S/C18H11ClN4OS/c19-16-14(7-6-12-4-3-8-20-10-12)22-18-23(17(16)24)15(11-25-18)13-5-1-2-9-21-13/h1-11H. The molecule has 4 aromatic heterocycles. The van der Waals surface area contributed by atoms with E-state index in [0.29, 0.717) is 22.0 Å². The van der Waals surface area contributed by atoms with E-state index in [1.165, 1.54) is 15.7 Å². The van der Waals surface area contributed by atoms with Crippen LogP contribution in [0.1, 0.15) is 11.3 Å². The molecular formula is C18H11ClN4OS. The van der Waals surface area contributed by atoms with Crippen LogP contribution in [0.3, 0.4) is 0 Å². The SMILES string of the molecule is O=c1c(Cl)c(C=Cc2cccnc2)nc2scc(-c3ccccn3)n12. The van der Waals surface area contributed by atoms with E-state index in [1.807, 2.05) is 41.8 Å².